The summed E-state index contributed by atoms with van der Waals surface area (Å²) in [5, 5.41) is 6.52. The molecule has 0 unspecified atom stereocenters. The number of nitrogens with one attached hydrogen (secondary N) is 2. The molecule has 0 aliphatic carbocycles. The molecule has 3 rings (SSSR count). The maximum Gasteiger partial charge on any atom is 0.213 e. The first kappa shape index (κ1) is 17.8. The number of anilines is 1. The monoisotopic (exact) mass is 356 g/mol. The molecule has 7 nitrogen and oxygen atoms in total. The Balaban J connectivity index is 1.72. The van der Waals surface area contributed by atoms with Gasteiger partial charge in [0.05, 0.1) is 32.6 Å². The molecule has 138 valence electrons. The van der Waals surface area contributed by atoms with Crippen molar-refractivity contribution in [2.45, 2.75) is 19.9 Å². The van der Waals surface area contributed by atoms with Crippen LogP contribution >= 0.6 is 0 Å². The molecule has 2 heterocycles. The van der Waals surface area contributed by atoms with Crippen LogP contribution < -0.4 is 24.8 Å². The van der Waals surface area contributed by atoms with Crippen LogP contribution in [-0.2, 0) is 6.54 Å². The van der Waals surface area contributed by atoms with Crippen LogP contribution in [0.25, 0.3) is 0 Å². The molecule has 0 saturated heterocycles. The van der Waals surface area contributed by atoms with E-state index >= 15 is 0 Å². The molecule has 0 spiro atoms. The largest absolute Gasteiger partial charge is 0.490 e. The van der Waals surface area contributed by atoms with E-state index in [0.717, 1.165) is 35.8 Å². The third-order valence-electron chi connectivity index (χ3n) is 3.74. The Kier molecular flexibility index (Phi) is 6.14. The van der Waals surface area contributed by atoms with Crippen LogP contribution in [0.15, 0.2) is 41.4 Å². The molecule has 0 radical (unpaired) electrons. The minimum Gasteiger partial charge on any atom is -0.490 e. The fourth-order valence-corrected chi connectivity index (χ4v) is 2.50. The fourth-order valence-electron chi connectivity index (χ4n) is 2.50. The van der Waals surface area contributed by atoms with Gasteiger partial charge >= 0.3 is 0 Å². The van der Waals surface area contributed by atoms with E-state index in [4.69, 9.17) is 14.2 Å². The zero-order valence-electron chi connectivity index (χ0n) is 15.1. The highest BCUT2D eigenvalue weighted by atomic mass is 16.5. The van der Waals surface area contributed by atoms with Crippen LogP contribution in [0.3, 0.4) is 0 Å². The molecule has 0 bridgehead atoms. The summed E-state index contributed by atoms with van der Waals surface area (Å²) in [7, 11) is 1.60. The number of hydrogen-bond acceptors (Lipinski definition) is 5. The molecular formula is C19H24N4O3. The van der Waals surface area contributed by atoms with Gasteiger partial charge in [-0.25, -0.2) is 9.98 Å². The van der Waals surface area contributed by atoms with Crippen LogP contribution in [0.4, 0.5) is 5.69 Å². The number of aliphatic imine (C=N–C) groups is 1. The number of ether oxygens (including phenoxy) is 3. The molecule has 2 N–H and O–H groups in total. The predicted octanol–water partition coefficient (Wildman–Crippen LogP) is 2.83. The number of rotatable bonds is 5. The molecule has 0 amide bonds. The maximum atomic E-state index is 5.74. The molecule has 0 fully saturated rings. The van der Waals surface area contributed by atoms with E-state index in [2.05, 4.69) is 20.6 Å². The van der Waals surface area contributed by atoms with Crippen molar-refractivity contribution in [1.82, 2.24) is 10.3 Å². The number of benzene rings is 1. The lowest BCUT2D eigenvalue weighted by Gasteiger charge is -2.13. The van der Waals surface area contributed by atoms with Crippen molar-refractivity contribution < 1.29 is 14.2 Å². The lowest BCUT2D eigenvalue weighted by atomic mass is 10.2. The first-order valence-corrected chi connectivity index (χ1v) is 8.73. The van der Waals surface area contributed by atoms with E-state index < -0.39 is 0 Å². The van der Waals surface area contributed by atoms with Gasteiger partial charge in [0.25, 0.3) is 0 Å². The van der Waals surface area contributed by atoms with Gasteiger partial charge in [-0.2, -0.15) is 0 Å². The van der Waals surface area contributed by atoms with E-state index in [1.165, 1.54) is 0 Å². The molecule has 2 aromatic rings. The van der Waals surface area contributed by atoms with Crippen molar-refractivity contribution in [1.29, 1.82) is 0 Å². The van der Waals surface area contributed by atoms with Gasteiger partial charge in [0.15, 0.2) is 17.5 Å². The zero-order chi connectivity index (χ0) is 18.2. The van der Waals surface area contributed by atoms with Gasteiger partial charge in [0, 0.05) is 30.8 Å². The molecule has 26 heavy (non-hydrogen) atoms. The van der Waals surface area contributed by atoms with Crippen LogP contribution in [0.1, 0.15) is 19.0 Å². The van der Waals surface area contributed by atoms with Crippen molar-refractivity contribution in [2.24, 2.45) is 4.99 Å². The molecule has 1 aliphatic heterocycles. The van der Waals surface area contributed by atoms with Crippen molar-refractivity contribution in [3.63, 3.8) is 0 Å². The molecule has 7 heteroatoms. The van der Waals surface area contributed by atoms with Crippen LogP contribution in [-0.4, -0.2) is 37.8 Å². The van der Waals surface area contributed by atoms with Gasteiger partial charge < -0.3 is 24.8 Å². The number of nitrogens with zero attached hydrogens (tertiary/aromatic N) is 2. The molecule has 1 aliphatic rings. The first-order valence-electron chi connectivity index (χ1n) is 8.73. The third-order valence-corrected chi connectivity index (χ3v) is 3.74. The van der Waals surface area contributed by atoms with Crippen molar-refractivity contribution >= 4 is 11.6 Å². The summed E-state index contributed by atoms with van der Waals surface area (Å²) < 4.78 is 16.6. The van der Waals surface area contributed by atoms with Crippen LogP contribution in [0.2, 0.25) is 0 Å². The average Bonchev–Trinajstić information content (AvgIpc) is 2.91. The van der Waals surface area contributed by atoms with E-state index in [0.29, 0.717) is 31.6 Å². The maximum absolute atomic E-state index is 5.74. The van der Waals surface area contributed by atoms with Gasteiger partial charge in [0.2, 0.25) is 5.88 Å². The first-order chi connectivity index (χ1) is 12.8. The Labute approximate surface area is 153 Å². The van der Waals surface area contributed by atoms with E-state index in [1.54, 1.807) is 7.11 Å². The highest BCUT2D eigenvalue weighted by molar-refractivity contribution is 5.93. The molecule has 0 atom stereocenters. The minimum absolute atomic E-state index is 0.442. The smallest absolute Gasteiger partial charge is 0.213 e. The summed E-state index contributed by atoms with van der Waals surface area (Å²) in [6.07, 6.45) is 0.884. The number of pyridine rings is 1. The minimum atomic E-state index is 0.442. The number of fused-ring (bicyclic) bond motifs is 1. The Morgan fingerprint density at radius 2 is 2.04 bits per heavy atom. The zero-order valence-corrected chi connectivity index (χ0v) is 15.1. The van der Waals surface area contributed by atoms with Gasteiger partial charge in [-0.1, -0.05) is 6.07 Å². The Morgan fingerprint density at radius 1 is 1.19 bits per heavy atom. The Morgan fingerprint density at radius 3 is 2.85 bits per heavy atom. The molecule has 0 saturated carbocycles. The highest BCUT2D eigenvalue weighted by Gasteiger charge is 2.11. The normalized spacial score (nSPS) is 13.7. The van der Waals surface area contributed by atoms with Gasteiger partial charge in [0.1, 0.15) is 0 Å². The standard InChI is InChI=1S/C19H24N4O3/c1-3-20-19(21-13-15-6-4-7-18(22-15)24-2)23-14-8-9-16-17(12-14)26-11-5-10-25-16/h4,6-9,12H,3,5,10-11,13H2,1-2H3,(H2,20,21,23). The molecule has 1 aromatic carbocycles. The van der Waals surface area contributed by atoms with E-state index in [-0.39, 0.29) is 0 Å². The van der Waals surface area contributed by atoms with Crippen molar-refractivity contribution in [2.75, 3.05) is 32.2 Å². The second-order valence-electron chi connectivity index (χ2n) is 5.70. The van der Waals surface area contributed by atoms with Crippen LogP contribution in [0.5, 0.6) is 17.4 Å². The van der Waals surface area contributed by atoms with Gasteiger partial charge in [-0.3, -0.25) is 0 Å². The summed E-state index contributed by atoms with van der Waals surface area (Å²) in [4.78, 5) is 8.97. The second kappa shape index (κ2) is 8.94. The molecular weight excluding hydrogens is 332 g/mol. The second-order valence-corrected chi connectivity index (χ2v) is 5.70. The predicted molar refractivity (Wildman–Crippen MR) is 101 cm³/mol. The quantitative estimate of drug-likeness (QED) is 0.634. The van der Waals surface area contributed by atoms with Crippen molar-refractivity contribution in [3.05, 3.63) is 42.1 Å². The fraction of sp³-hybridized carbons (Fsp3) is 0.368. The third kappa shape index (κ3) is 4.78. The lowest BCUT2D eigenvalue weighted by molar-refractivity contribution is 0.297. The average molecular weight is 356 g/mol. The lowest BCUT2D eigenvalue weighted by Crippen LogP contribution is -2.30. The van der Waals surface area contributed by atoms with Gasteiger partial charge in [-0.15, -0.1) is 0 Å². The SMILES string of the molecule is CCNC(=NCc1cccc(OC)n1)Nc1ccc2c(c1)OCCCO2. The number of aromatic nitrogens is 1. The summed E-state index contributed by atoms with van der Waals surface area (Å²) >= 11 is 0. The van der Waals surface area contributed by atoms with Crippen molar-refractivity contribution in [3.8, 4) is 17.4 Å². The number of guanidine groups is 1. The highest BCUT2D eigenvalue weighted by Crippen LogP contribution is 2.32. The summed E-state index contributed by atoms with van der Waals surface area (Å²) in [6.45, 7) is 4.55. The summed E-state index contributed by atoms with van der Waals surface area (Å²) in [5.41, 5.74) is 1.72. The van der Waals surface area contributed by atoms with Crippen LogP contribution in [0, 0.1) is 0 Å². The van der Waals surface area contributed by atoms with E-state index in [1.807, 2.05) is 43.3 Å². The van der Waals surface area contributed by atoms with Gasteiger partial charge in [-0.05, 0) is 25.1 Å². The Bertz CT molecular complexity index is 764. The molecule has 1 aromatic heterocycles. The Hall–Kier alpha value is -2.96. The summed E-state index contributed by atoms with van der Waals surface area (Å²) in [5.74, 6) is 2.78. The summed E-state index contributed by atoms with van der Waals surface area (Å²) in [6, 6.07) is 11.4. The topological polar surface area (TPSA) is 77.0 Å². The van der Waals surface area contributed by atoms with E-state index in [9.17, 15) is 0 Å². The number of methoxy groups -OCH3 is 1. The number of hydrogen-bond donors (Lipinski definition) is 2.